The Kier molecular flexibility index (Phi) is 3.48. The number of carboxylic acids is 1. The molecule has 0 aromatic rings. The Balaban J connectivity index is 1.95. The lowest BCUT2D eigenvalue weighted by atomic mass is 9.57. The Morgan fingerprint density at radius 1 is 1.40 bits per heavy atom. The van der Waals surface area contributed by atoms with Crippen LogP contribution >= 0.6 is 0 Å². The molecule has 4 aliphatic rings. The topological polar surface area (TPSA) is 83.8 Å². The quantitative estimate of drug-likeness (QED) is 0.605. The first-order valence-electron chi connectivity index (χ1n) is 9.49. The molecule has 4 fully saturated rings. The summed E-state index contributed by atoms with van der Waals surface area (Å²) >= 11 is 0. The molecule has 138 valence electrons. The third kappa shape index (κ3) is 1.78. The molecular weight excluding hydrogens is 320 g/mol. The van der Waals surface area contributed by atoms with Crippen LogP contribution in [0.4, 0.5) is 0 Å². The zero-order chi connectivity index (χ0) is 18.2. The molecule has 0 amide bonds. The summed E-state index contributed by atoms with van der Waals surface area (Å²) in [5, 5.41) is 20.9. The van der Waals surface area contributed by atoms with Crippen molar-refractivity contribution in [1.82, 2.24) is 0 Å². The summed E-state index contributed by atoms with van der Waals surface area (Å²) in [7, 11) is 0. The Bertz CT molecular complexity index is 644. The van der Waals surface area contributed by atoms with Gasteiger partial charge in [0.2, 0.25) is 0 Å². The van der Waals surface area contributed by atoms with Crippen molar-refractivity contribution in [1.29, 1.82) is 0 Å². The van der Waals surface area contributed by atoms with Gasteiger partial charge in [-0.25, -0.2) is 0 Å². The largest absolute Gasteiger partial charge is 0.481 e. The molecule has 3 saturated carbocycles. The van der Waals surface area contributed by atoms with Crippen LogP contribution in [0.2, 0.25) is 0 Å². The number of esters is 1. The molecule has 3 aliphatic carbocycles. The van der Waals surface area contributed by atoms with E-state index in [9.17, 15) is 19.8 Å². The molecule has 0 aromatic heterocycles. The van der Waals surface area contributed by atoms with Crippen molar-refractivity contribution in [2.24, 2.45) is 34.5 Å². The first kappa shape index (κ1) is 17.1. The first-order chi connectivity index (χ1) is 11.7. The number of carbonyl (C=O) groups is 2. The predicted octanol–water partition coefficient (Wildman–Crippen LogP) is 2.77. The Hall–Kier alpha value is -1.36. The Morgan fingerprint density at radius 3 is 2.76 bits per heavy atom. The molecule has 5 heteroatoms. The average molecular weight is 348 g/mol. The van der Waals surface area contributed by atoms with E-state index in [-0.39, 0.29) is 5.92 Å². The zero-order valence-corrected chi connectivity index (χ0v) is 15.0. The van der Waals surface area contributed by atoms with E-state index in [1.54, 1.807) is 6.92 Å². The fourth-order valence-corrected chi connectivity index (χ4v) is 7.33. The minimum Gasteiger partial charge on any atom is -0.481 e. The molecule has 0 radical (unpaired) electrons. The van der Waals surface area contributed by atoms with Crippen molar-refractivity contribution in [2.45, 2.75) is 64.1 Å². The lowest BCUT2D eigenvalue weighted by molar-refractivity contribution is -0.164. The number of aliphatic hydroxyl groups excluding tert-OH is 1. The smallest absolute Gasteiger partial charge is 0.315 e. The summed E-state index contributed by atoms with van der Waals surface area (Å²) in [4.78, 5) is 25.3. The SMILES string of the molecule is C=CCC12CC(C)CCC1C13CCC(O)C(C)(C(=O)O1)C3C2C(=O)O. The van der Waals surface area contributed by atoms with Crippen molar-refractivity contribution >= 4 is 11.9 Å². The van der Waals surface area contributed by atoms with E-state index < -0.39 is 46.3 Å². The number of rotatable bonds is 3. The van der Waals surface area contributed by atoms with Gasteiger partial charge in [-0.1, -0.05) is 19.4 Å². The summed E-state index contributed by atoms with van der Waals surface area (Å²) in [6.07, 6.45) is 5.44. The highest BCUT2D eigenvalue weighted by atomic mass is 16.6. The number of fused-ring (bicyclic) bond motifs is 1. The summed E-state index contributed by atoms with van der Waals surface area (Å²) in [6.45, 7) is 7.81. The van der Waals surface area contributed by atoms with Crippen LogP contribution in [-0.4, -0.2) is 33.9 Å². The van der Waals surface area contributed by atoms with Crippen LogP contribution < -0.4 is 0 Å². The van der Waals surface area contributed by atoms with Crippen LogP contribution in [0.1, 0.15) is 52.4 Å². The molecule has 8 atom stereocenters. The van der Waals surface area contributed by atoms with Crippen LogP contribution in [0.3, 0.4) is 0 Å². The van der Waals surface area contributed by atoms with E-state index >= 15 is 0 Å². The van der Waals surface area contributed by atoms with Crippen molar-refractivity contribution < 1.29 is 24.5 Å². The van der Waals surface area contributed by atoms with Gasteiger partial charge in [-0.05, 0) is 50.4 Å². The van der Waals surface area contributed by atoms with Gasteiger partial charge in [-0.2, -0.15) is 0 Å². The molecule has 0 spiro atoms. The minimum absolute atomic E-state index is 0.0403. The monoisotopic (exact) mass is 348 g/mol. The highest BCUT2D eigenvalue weighted by Gasteiger charge is 2.81. The van der Waals surface area contributed by atoms with Gasteiger partial charge in [0.25, 0.3) is 0 Å². The van der Waals surface area contributed by atoms with E-state index in [0.717, 1.165) is 19.3 Å². The first-order valence-corrected chi connectivity index (χ1v) is 9.49. The molecule has 2 N–H and O–H groups in total. The molecule has 5 nitrogen and oxygen atoms in total. The Morgan fingerprint density at radius 2 is 2.12 bits per heavy atom. The number of carboxylic acid groups (broad SMARTS) is 1. The van der Waals surface area contributed by atoms with E-state index in [4.69, 9.17) is 4.74 Å². The normalized spacial score (nSPS) is 53.7. The van der Waals surface area contributed by atoms with Crippen LogP contribution in [0.15, 0.2) is 12.7 Å². The van der Waals surface area contributed by atoms with Gasteiger partial charge >= 0.3 is 11.9 Å². The fourth-order valence-electron chi connectivity index (χ4n) is 7.33. The summed E-state index contributed by atoms with van der Waals surface area (Å²) in [6, 6.07) is 0. The maximum atomic E-state index is 12.8. The molecule has 1 saturated heterocycles. The summed E-state index contributed by atoms with van der Waals surface area (Å²) in [5.41, 5.74) is -2.27. The maximum Gasteiger partial charge on any atom is 0.315 e. The molecule has 4 rings (SSSR count). The second-order valence-electron chi connectivity index (χ2n) is 9.14. The molecule has 1 aliphatic heterocycles. The second kappa shape index (κ2) is 5.09. The highest BCUT2D eigenvalue weighted by Crippen LogP contribution is 2.75. The maximum absolute atomic E-state index is 12.8. The molecule has 8 unspecified atom stereocenters. The van der Waals surface area contributed by atoms with Gasteiger partial charge in [-0.3, -0.25) is 9.59 Å². The van der Waals surface area contributed by atoms with Crippen LogP contribution in [0.5, 0.6) is 0 Å². The van der Waals surface area contributed by atoms with Gasteiger partial charge in [-0.15, -0.1) is 6.58 Å². The predicted molar refractivity (Wildman–Crippen MR) is 90.5 cm³/mol. The third-order valence-corrected chi connectivity index (χ3v) is 8.10. The lowest BCUT2D eigenvalue weighted by Crippen LogP contribution is -2.53. The number of allylic oxidation sites excluding steroid dienone is 1. The van der Waals surface area contributed by atoms with E-state index in [1.807, 2.05) is 6.08 Å². The van der Waals surface area contributed by atoms with Crippen LogP contribution in [0, 0.1) is 34.5 Å². The third-order valence-electron chi connectivity index (χ3n) is 8.10. The number of carbonyl (C=O) groups excluding carboxylic acids is 1. The van der Waals surface area contributed by atoms with Crippen molar-refractivity contribution in [2.75, 3.05) is 0 Å². The van der Waals surface area contributed by atoms with Crippen LogP contribution in [-0.2, 0) is 14.3 Å². The van der Waals surface area contributed by atoms with Gasteiger partial charge in [0, 0.05) is 11.8 Å². The van der Waals surface area contributed by atoms with Crippen molar-refractivity contribution in [3.63, 3.8) is 0 Å². The van der Waals surface area contributed by atoms with Gasteiger partial charge in [0.05, 0.1) is 17.4 Å². The van der Waals surface area contributed by atoms with Gasteiger partial charge in [0.15, 0.2) is 0 Å². The molecule has 25 heavy (non-hydrogen) atoms. The highest BCUT2D eigenvalue weighted by molar-refractivity contribution is 5.85. The molecular formula is C20H28O5. The Labute approximate surface area is 148 Å². The van der Waals surface area contributed by atoms with Gasteiger partial charge in [0.1, 0.15) is 5.60 Å². The number of hydrogen-bond donors (Lipinski definition) is 2. The number of aliphatic carboxylic acids is 1. The molecule has 0 aromatic carbocycles. The number of aliphatic hydroxyl groups is 1. The van der Waals surface area contributed by atoms with Crippen molar-refractivity contribution in [3.8, 4) is 0 Å². The zero-order valence-electron chi connectivity index (χ0n) is 15.0. The molecule has 2 bridgehead atoms. The average Bonchev–Trinajstić information content (AvgIpc) is 2.86. The van der Waals surface area contributed by atoms with E-state index in [2.05, 4.69) is 13.5 Å². The van der Waals surface area contributed by atoms with E-state index in [1.165, 1.54) is 0 Å². The molecule has 1 heterocycles. The summed E-state index contributed by atoms with van der Waals surface area (Å²) in [5.74, 6) is -1.90. The number of hydrogen-bond acceptors (Lipinski definition) is 4. The minimum atomic E-state index is -1.12. The van der Waals surface area contributed by atoms with Gasteiger partial charge < -0.3 is 14.9 Å². The number of ether oxygens (including phenoxy) is 1. The lowest BCUT2D eigenvalue weighted by Gasteiger charge is -2.47. The summed E-state index contributed by atoms with van der Waals surface area (Å²) < 4.78 is 6.03. The fraction of sp³-hybridized carbons (Fsp3) is 0.800. The van der Waals surface area contributed by atoms with Crippen LogP contribution in [0.25, 0.3) is 0 Å². The standard InChI is InChI=1S/C20H28O5/c1-4-8-19-10-11(2)5-6-12(19)20-9-7-13(21)18(3,17(24)25-20)15(20)14(19)16(22)23/h4,11-15,21H,1,5-10H2,2-3H3,(H,22,23). The second-order valence-corrected chi connectivity index (χ2v) is 9.14. The van der Waals surface area contributed by atoms with E-state index in [0.29, 0.717) is 25.2 Å². The van der Waals surface area contributed by atoms with Crippen molar-refractivity contribution in [3.05, 3.63) is 12.7 Å².